The van der Waals surface area contributed by atoms with Gasteiger partial charge in [0.2, 0.25) is 5.91 Å². The predicted molar refractivity (Wildman–Crippen MR) is 122 cm³/mol. The van der Waals surface area contributed by atoms with Gasteiger partial charge < -0.3 is 19.7 Å². The number of methoxy groups -OCH3 is 2. The van der Waals surface area contributed by atoms with E-state index in [9.17, 15) is 14.0 Å². The molecule has 3 aromatic carbocycles. The Morgan fingerprint density at radius 3 is 2.50 bits per heavy atom. The third kappa shape index (κ3) is 4.18. The highest BCUT2D eigenvalue weighted by Gasteiger charge is 2.35. The Hall–Kier alpha value is -3.39. The number of carbonyl (C=O) groups is 2. The molecule has 0 radical (unpaired) electrons. The van der Waals surface area contributed by atoms with Crippen LogP contribution in [0, 0.1) is 5.82 Å². The van der Waals surface area contributed by atoms with Gasteiger partial charge >= 0.3 is 0 Å². The molecule has 0 bridgehead atoms. The van der Waals surface area contributed by atoms with Crippen molar-refractivity contribution in [2.45, 2.75) is 6.04 Å². The largest absolute Gasteiger partial charge is 0.497 e. The molecule has 3 aromatic rings. The van der Waals surface area contributed by atoms with Gasteiger partial charge in [-0.1, -0.05) is 28.1 Å². The molecule has 0 saturated carbocycles. The summed E-state index contributed by atoms with van der Waals surface area (Å²) >= 11 is 3.47. The summed E-state index contributed by atoms with van der Waals surface area (Å²) in [7, 11) is 2.99. The number of anilines is 1. The van der Waals surface area contributed by atoms with Crippen LogP contribution < -0.4 is 14.8 Å². The van der Waals surface area contributed by atoms with Crippen LogP contribution >= 0.6 is 15.9 Å². The van der Waals surface area contributed by atoms with Crippen LogP contribution in [0.5, 0.6) is 11.5 Å². The number of hydrogen-bond donors (Lipinski definition) is 1. The van der Waals surface area contributed by atoms with Crippen LogP contribution in [0.1, 0.15) is 27.5 Å². The van der Waals surface area contributed by atoms with Crippen molar-refractivity contribution < 1.29 is 23.5 Å². The molecule has 1 N–H and O–H groups in total. The predicted octanol–water partition coefficient (Wildman–Crippen LogP) is 4.79. The van der Waals surface area contributed by atoms with Gasteiger partial charge in [-0.2, -0.15) is 0 Å². The van der Waals surface area contributed by atoms with E-state index in [2.05, 4.69) is 21.2 Å². The molecule has 164 valence electrons. The van der Waals surface area contributed by atoms with Gasteiger partial charge in [0.05, 0.1) is 25.8 Å². The first-order valence-corrected chi connectivity index (χ1v) is 10.6. The van der Waals surface area contributed by atoms with Crippen molar-refractivity contribution in [3.8, 4) is 11.5 Å². The summed E-state index contributed by atoms with van der Waals surface area (Å²) in [5.41, 5.74) is 2.25. The van der Waals surface area contributed by atoms with Gasteiger partial charge in [-0.05, 0) is 48.0 Å². The normalized spacial score (nSPS) is 15.4. The first-order valence-electron chi connectivity index (χ1n) is 9.79. The van der Waals surface area contributed by atoms with E-state index >= 15 is 0 Å². The highest BCUT2D eigenvalue weighted by molar-refractivity contribution is 9.10. The first-order chi connectivity index (χ1) is 15.4. The van der Waals surface area contributed by atoms with E-state index in [-0.39, 0.29) is 23.8 Å². The van der Waals surface area contributed by atoms with E-state index in [1.807, 2.05) is 12.1 Å². The number of halogens is 2. The van der Waals surface area contributed by atoms with Gasteiger partial charge in [0.1, 0.15) is 23.9 Å². The molecule has 0 fully saturated rings. The van der Waals surface area contributed by atoms with Gasteiger partial charge in [-0.3, -0.25) is 9.59 Å². The van der Waals surface area contributed by atoms with Crippen LogP contribution in [0.3, 0.4) is 0 Å². The molecule has 8 heteroatoms. The van der Waals surface area contributed by atoms with Crippen LogP contribution in [-0.4, -0.2) is 37.5 Å². The number of amides is 2. The lowest BCUT2D eigenvalue weighted by molar-refractivity contribution is -0.117. The summed E-state index contributed by atoms with van der Waals surface area (Å²) in [6.07, 6.45) is 0. The van der Waals surface area contributed by atoms with Crippen LogP contribution in [-0.2, 0) is 4.79 Å². The molecule has 6 nitrogen and oxygen atoms in total. The van der Waals surface area contributed by atoms with Gasteiger partial charge in [-0.15, -0.1) is 0 Å². The zero-order chi connectivity index (χ0) is 22.8. The molecule has 1 aliphatic rings. The van der Waals surface area contributed by atoms with E-state index in [0.717, 1.165) is 4.47 Å². The molecular weight excluding hydrogens is 479 g/mol. The Kier molecular flexibility index (Phi) is 6.14. The summed E-state index contributed by atoms with van der Waals surface area (Å²) in [4.78, 5) is 28.0. The number of carbonyl (C=O) groups excluding carboxylic acids is 2. The minimum Gasteiger partial charge on any atom is -0.497 e. The van der Waals surface area contributed by atoms with Gasteiger partial charge in [0.25, 0.3) is 5.91 Å². The van der Waals surface area contributed by atoms with Gasteiger partial charge in [0, 0.05) is 21.8 Å². The zero-order valence-corrected chi connectivity index (χ0v) is 19.0. The molecule has 1 unspecified atom stereocenters. The lowest BCUT2D eigenvalue weighted by Crippen LogP contribution is -2.39. The number of hydrogen-bond acceptors (Lipinski definition) is 4. The summed E-state index contributed by atoms with van der Waals surface area (Å²) < 4.78 is 25.1. The van der Waals surface area contributed by atoms with E-state index < -0.39 is 11.9 Å². The monoisotopic (exact) mass is 498 g/mol. The lowest BCUT2D eigenvalue weighted by Gasteiger charge is -2.31. The van der Waals surface area contributed by atoms with Crippen molar-refractivity contribution in [3.63, 3.8) is 0 Å². The Bertz CT molecular complexity index is 1180. The lowest BCUT2D eigenvalue weighted by atomic mass is 9.95. The maximum atomic E-state index is 13.8. The molecule has 4 rings (SSSR count). The Labute approximate surface area is 193 Å². The Morgan fingerprint density at radius 2 is 1.81 bits per heavy atom. The van der Waals surface area contributed by atoms with Crippen molar-refractivity contribution in [1.82, 2.24) is 4.90 Å². The maximum Gasteiger partial charge on any atom is 0.258 e. The van der Waals surface area contributed by atoms with E-state index in [1.54, 1.807) is 36.4 Å². The van der Waals surface area contributed by atoms with Crippen LogP contribution in [0.4, 0.5) is 10.1 Å². The summed E-state index contributed by atoms with van der Waals surface area (Å²) in [6, 6.07) is 15.6. The molecule has 0 aromatic heterocycles. The van der Waals surface area contributed by atoms with Crippen molar-refractivity contribution in [2.24, 2.45) is 0 Å². The van der Waals surface area contributed by atoms with Crippen molar-refractivity contribution in [2.75, 3.05) is 26.1 Å². The van der Waals surface area contributed by atoms with Crippen LogP contribution in [0.25, 0.3) is 0 Å². The number of fused-ring (bicyclic) bond motifs is 1. The Balaban J connectivity index is 1.89. The quantitative estimate of drug-likeness (QED) is 0.561. The van der Waals surface area contributed by atoms with E-state index in [1.165, 1.54) is 31.3 Å². The summed E-state index contributed by atoms with van der Waals surface area (Å²) in [6.45, 7) is -0.192. The maximum absolute atomic E-state index is 13.8. The average Bonchev–Trinajstić information content (AvgIpc) is 2.94. The molecule has 1 atom stereocenters. The Morgan fingerprint density at radius 1 is 1.06 bits per heavy atom. The molecule has 0 aliphatic carbocycles. The second kappa shape index (κ2) is 9.00. The van der Waals surface area contributed by atoms with Crippen LogP contribution in [0.15, 0.2) is 65.1 Å². The molecule has 1 aliphatic heterocycles. The molecule has 0 saturated heterocycles. The number of nitrogens with one attached hydrogen (secondary N) is 1. The first kappa shape index (κ1) is 21.8. The number of nitrogens with zero attached hydrogens (tertiary/aromatic N) is 1. The topological polar surface area (TPSA) is 67.9 Å². The fourth-order valence-corrected chi connectivity index (χ4v) is 4.18. The number of ether oxygens (including phenoxy) is 2. The molecule has 0 spiro atoms. The SMILES string of the molecule is COc1ccc(C(=O)N2CC(=O)Nc3ccc(Br)cc3C2c2ccc(F)cc2)c(OC)c1. The van der Waals surface area contributed by atoms with Crippen molar-refractivity contribution in [3.05, 3.63) is 87.6 Å². The van der Waals surface area contributed by atoms with E-state index in [4.69, 9.17) is 9.47 Å². The standard InChI is InChI=1S/C24H20BrFN2O4/c1-31-17-8-9-18(21(12-17)32-2)24(30)28-13-22(29)27-20-10-5-15(25)11-19(20)23(28)14-3-6-16(26)7-4-14/h3-12,23H,13H2,1-2H3,(H,27,29). The third-order valence-electron chi connectivity index (χ3n) is 5.29. The van der Waals surface area contributed by atoms with Crippen molar-refractivity contribution >= 4 is 33.4 Å². The fraction of sp³-hybridized carbons (Fsp3) is 0.167. The fourth-order valence-electron chi connectivity index (χ4n) is 3.80. The highest BCUT2D eigenvalue weighted by atomic mass is 79.9. The molecule has 2 amide bonds. The average molecular weight is 499 g/mol. The summed E-state index contributed by atoms with van der Waals surface area (Å²) in [5, 5.41) is 2.86. The molecular formula is C24H20BrFN2O4. The number of benzene rings is 3. The number of rotatable bonds is 4. The van der Waals surface area contributed by atoms with Crippen LogP contribution in [0.2, 0.25) is 0 Å². The zero-order valence-electron chi connectivity index (χ0n) is 17.4. The summed E-state index contributed by atoms with van der Waals surface area (Å²) in [5.74, 6) is -0.260. The molecule has 1 heterocycles. The second-order valence-electron chi connectivity index (χ2n) is 7.23. The smallest absolute Gasteiger partial charge is 0.258 e. The van der Waals surface area contributed by atoms with Crippen molar-refractivity contribution in [1.29, 1.82) is 0 Å². The molecule has 32 heavy (non-hydrogen) atoms. The highest BCUT2D eigenvalue weighted by Crippen LogP contribution is 2.39. The second-order valence-corrected chi connectivity index (χ2v) is 8.15. The minimum atomic E-state index is -0.638. The minimum absolute atomic E-state index is 0.192. The third-order valence-corrected chi connectivity index (χ3v) is 5.79. The van der Waals surface area contributed by atoms with Gasteiger partial charge in [0.15, 0.2) is 0 Å². The van der Waals surface area contributed by atoms with Gasteiger partial charge in [-0.25, -0.2) is 4.39 Å². The van der Waals surface area contributed by atoms with E-state index in [0.29, 0.717) is 28.3 Å².